The number of hydrogen-bond acceptors (Lipinski definition) is 2. The van der Waals surface area contributed by atoms with E-state index in [4.69, 9.17) is 4.74 Å². The monoisotopic (exact) mass is 241 g/mol. The van der Waals surface area contributed by atoms with Crippen LogP contribution in [0.3, 0.4) is 0 Å². The summed E-state index contributed by atoms with van der Waals surface area (Å²) in [6, 6.07) is 3.74. The molecule has 0 aliphatic heterocycles. The predicted octanol–water partition coefficient (Wildman–Crippen LogP) is 2.87. The Hall–Kier alpha value is -1.16. The van der Waals surface area contributed by atoms with E-state index < -0.39 is 11.6 Å². The Labute approximate surface area is 100.0 Å². The fourth-order valence-electron chi connectivity index (χ4n) is 2.30. The lowest BCUT2D eigenvalue weighted by Gasteiger charge is -2.29. The maximum absolute atomic E-state index is 13.0. The maximum atomic E-state index is 13.0. The van der Waals surface area contributed by atoms with Crippen molar-refractivity contribution in [3.63, 3.8) is 0 Å². The Morgan fingerprint density at radius 1 is 1.18 bits per heavy atom. The summed E-state index contributed by atoms with van der Waals surface area (Å²) in [5.41, 5.74) is 0. The molecule has 94 valence electrons. The minimum Gasteiger partial charge on any atom is -0.490 e. The van der Waals surface area contributed by atoms with Gasteiger partial charge in [-0.2, -0.15) is 0 Å². The molecule has 2 rings (SSSR count). The molecule has 0 amide bonds. The van der Waals surface area contributed by atoms with Gasteiger partial charge in [-0.1, -0.05) is 0 Å². The molecule has 1 saturated carbocycles. The predicted molar refractivity (Wildman–Crippen MR) is 62.1 cm³/mol. The van der Waals surface area contributed by atoms with Gasteiger partial charge in [0.2, 0.25) is 0 Å². The van der Waals surface area contributed by atoms with E-state index in [1.54, 1.807) is 0 Å². The second-order valence-corrected chi connectivity index (χ2v) is 4.50. The van der Waals surface area contributed by atoms with Gasteiger partial charge in [0, 0.05) is 24.2 Å². The van der Waals surface area contributed by atoms with Crippen LogP contribution in [0.25, 0.3) is 0 Å². The molecule has 2 nitrogen and oxygen atoms in total. The first-order valence-corrected chi connectivity index (χ1v) is 5.97. The highest BCUT2D eigenvalue weighted by atomic mass is 19.1. The zero-order chi connectivity index (χ0) is 12.3. The second kappa shape index (κ2) is 5.45. The third kappa shape index (κ3) is 3.40. The first-order chi connectivity index (χ1) is 8.17. The van der Waals surface area contributed by atoms with Gasteiger partial charge in [-0.05, 0) is 32.7 Å². The molecule has 1 aromatic rings. The maximum Gasteiger partial charge on any atom is 0.129 e. The van der Waals surface area contributed by atoms with Crippen molar-refractivity contribution in [2.45, 2.75) is 37.8 Å². The summed E-state index contributed by atoms with van der Waals surface area (Å²) in [6.07, 6.45) is 4.08. The Morgan fingerprint density at radius 2 is 1.88 bits per heavy atom. The van der Waals surface area contributed by atoms with Crippen LogP contribution in [0.2, 0.25) is 0 Å². The van der Waals surface area contributed by atoms with E-state index in [2.05, 4.69) is 5.32 Å². The number of ether oxygens (including phenoxy) is 1. The summed E-state index contributed by atoms with van der Waals surface area (Å²) >= 11 is 0. The quantitative estimate of drug-likeness (QED) is 0.878. The SMILES string of the molecule is CNC1CCCC(Oc2cc(F)cc(F)c2)C1. The molecule has 1 fully saturated rings. The standard InChI is InChI=1S/C13H17F2NO/c1-16-11-3-2-4-12(8-11)17-13-6-9(14)5-10(15)7-13/h5-7,11-12,16H,2-4,8H2,1H3. The third-order valence-electron chi connectivity index (χ3n) is 3.17. The molecule has 1 aliphatic carbocycles. The topological polar surface area (TPSA) is 21.3 Å². The van der Waals surface area contributed by atoms with Crippen LogP contribution in [-0.4, -0.2) is 19.2 Å². The van der Waals surface area contributed by atoms with Crippen molar-refractivity contribution in [1.29, 1.82) is 0 Å². The molecule has 0 bridgehead atoms. The largest absolute Gasteiger partial charge is 0.490 e. The van der Waals surface area contributed by atoms with Crippen molar-refractivity contribution >= 4 is 0 Å². The first-order valence-electron chi connectivity index (χ1n) is 5.97. The first kappa shape index (κ1) is 12.3. The van der Waals surface area contributed by atoms with Crippen molar-refractivity contribution in [3.05, 3.63) is 29.8 Å². The van der Waals surface area contributed by atoms with Gasteiger partial charge in [-0.3, -0.25) is 0 Å². The highest BCUT2D eigenvalue weighted by Gasteiger charge is 2.22. The van der Waals surface area contributed by atoms with E-state index in [1.165, 1.54) is 12.1 Å². The Bertz CT molecular complexity index is 363. The zero-order valence-electron chi connectivity index (χ0n) is 9.88. The van der Waals surface area contributed by atoms with Gasteiger partial charge >= 0.3 is 0 Å². The summed E-state index contributed by atoms with van der Waals surface area (Å²) in [5.74, 6) is -0.911. The Morgan fingerprint density at radius 3 is 2.53 bits per heavy atom. The minimum absolute atomic E-state index is 0.0439. The highest BCUT2D eigenvalue weighted by Crippen LogP contribution is 2.24. The van der Waals surface area contributed by atoms with Gasteiger partial charge in [-0.25, -0.2) is 8.78 Å². The van der Waals surface area contributed by atoms with Crippen molar-refractivity contribution in [2.75, 3.05) is 7.05 Å². The average molecular weight is 241 g/mol. The average Bonchev–Trinajstić information content (AvgIpc) is 2.28. The van der Waals surface area contributed by atoms with Gasteiger partial charge in [0.15, 0.2) is 0 Å². The summed E-state index contributed by atoms with van der Waals surface area (Å²) in [7, 11) is 1.93. The van der Waals surface area contributed by atoms with Gasteiger partial charge in [0.25, 0.3) is 0 Å². The third-order valence-corrected chi connectivity index (χ3v) is 3.17. The molecule has 17 heavy (non-hydrogen) atoms. The molecule has 1 N–H and O–H groups in total. The molecular weight excluding hydrogens is 224 g/mol. The Kier molecular flexibility index (Phi) is 3.94. The second-order valence-electron chi connectivity index (χ2n) is 4.50. The van der Waals surface area contributed by atoms with E-state index >= 15 is 0 Å². The van der Waals surface area contributed by atoms with Gasteiger partial charge in [0.05, 0.1) is 0 Å². The summed E-state index contributed by atoms with van der Waals surface area (Å²) in [4.78, 5) is 0. The minimum atomic E-state index is -0.596. The molecule has 4 heteroatoms. The highest BCUT2D eigenvalue weighted by molar-refractivity contribution is 5.24. The van der Waals surface area contributed by atoms with E-state index in [-0.39, 0.29) is 11.9 Å². The van der Waals surface area contributed by atoms with Crippen LogP contribution in [-0.2, 0) is 0 Å². The summed E-state index contributed by atoms with van der Waals surface area (Å²) in [6.45, 7) is 0. The van der Waals surface area contributed by atoms with Gasteiger partial charge < -0.3 is 10.1 Å². The van der Waals surface area contributed by atoms with Gasteiger partial charge in [0.1, 0.15) is 23.5 Å². The van der Waals surface area contributed by atoms with Crippen molar-refractivity contribution < 1.29 is 13.5 Å². The van der Waals surface area contributed by atoms with E-state index in [0.717, 1.165) is 31.7 Å². The van der Waals surface area contributed by atoms with Crippen LogP contribution in [0.5, 0.6) is 5.75 Å². The van der Waals surface area contributed by atoms with Crippen LogP contribution in [0.15, 0.2) is 18.2 Å². The molecule has 1 aromatic carbocycles. The summed E-state index contributed by atoms with van der Waals surface area (Å²) in [5, 5.41) is 3.21. The summed E-state index contributed by atoms with van der Waals surface area (Å²) < 4.78 is 31.6. The molecule has 1 aliphatic rings. The molecule has 2 atom stereocenters. The van der Waals surface area contributed by atoms with Crippen LogP contribution < -0.4 is 10.1 Å². The zero-order valence-corrected chi connectivity index (χ0v) is 9.88. The fourth-order valence-corrected chi connectivity index (χ4v) is 2.30. The van der Waals surface area contributed by atoms with Crippen LogP contribution in [0, 0.1) is 11.6 Å². The van der Waals surface area contributed by atoms with Crippen LogP contribution >= 0.6 is 0 Å². The molecule has 0 radical (unpaired) electrons. The normalized spacial score (nSPS) is 24.6. The smallest absolute Gasteiger partial charge is 0.129 e. The van der Waals surface area contributed by atoms with Crippen molar-refractivity contribution in [1.82, 2.24) is 5.32 Å². The van der Waals surface area contributed by atoms with Crippen molar-refractivity contribution in [2.24, 2.45) is 0 Å². The van der Waals surface area contributed by atoms with Gasteiger partial charge in [-0.15, -0.1) is 0 Å². The number of benzene rings is 1. The molecule has 0 saturated heterocycles. The van der Waals surface area contributed by atoms with Crippen LogP contribution in [0.1, 0.15) is 25.7 Å². The van der Waals surface area contributed by atoms with Crippen molar-refractivity contribution in [3.8, 4) is 5.75 Å². The van der Waals surface area contributed by atoms with E-state index in [9.17, 15) is 8.78 Å². The van der Waals surface area contributed by atoms with Crippen LogP contribution in [0.4, 0.5) is 8.78 Å². The Balaban J connectivity index is 2.00. The molecule has 0 heterocycles. The fraction of sp³-hybridized carbons (Fsp3) is 0.538. The molecule has 0 aromatic heterocycles. The lowest BCUT2D eigenvalue weighted by atomic mass is 9.93. The molecule has 0 spiro atoms. The number of halogens is 2. The number of nitrogens with one attached hydrogen (secondary N) is 1. The van der Waals surface area contributed by atoms with E-state index in [1.807, 2.05) is 7.05 Å². The molecular formula is C13H17F2NO. The molecule has 2 unspecified atom stereocenters. The number of hydrogen-bond donors (Lipinski definition) is 1. The lowest BCUT2D eigenvalue weighted by Crippen LogP contribution is -2.36. The number of rotatable bonds is 3. The lowest BCUT2D eigenvalue weighted by molar-refractivity contribution is 0.136. The van der Waals surface area contributed by atoms with E-state index in [0.29, 0.717) is 6.04 Å².